The van der Waals surface area contributed by atoms with Crippen molar-refractivity contribution in [2.45, 2.75) is 76.4 Å². The molecular formula is C20H30O2. The first-order valence-corrected chi connectivity index (χ1v) is 8.32. The summed E-state index contributed by atoms with van der Waals surface area (Å²) in [6, 6.07) is 0. The predicted octanol–water partition coefficient (Wildman–Crippen LogP) is 3.99. The minimum absolute atomic E-state index is 0.732. The van der Waals surface area contributed by atoms with Gasteiger partial charge in [-0.25, -0.2) is 0 Å². The van der Waals surface area contributed by atoms with E-state index in [9.17, 15) is 0 Å². The van der Waals surface area contributed by atoms with Gasteiger partial charge in [-0.2, -0.15) is 0 Å². The van der Waals surface area contributed by atoms with Crippen molar-refractivity contribution >= 4 is 0 Å². The summed E-state index contributed by atoms with van der Waals surface area (Å²) in [5.41, 5.74) is 0. The van der Waals surface area contributed by atoms with Crippen molar-refractivity contribution in [1.29, 1.82) is 0 Å². The van der Waals surface area contributed by atoms with Gasteiger partial charge in [0, 0.05) is 0 Å². The van der Waals surface area contributed by atoms with Crippen molar-refractivity contribution in [2.24, 2.45) is 0 Å². The van der Waals surface area contributed by atoms with Gasteiger partial charge in [-0.15, -0.1) is 12.8 Å². The van der Waals surface area contributed by atoms with Gasteiger partial charge in [0.2, 0.25) is 0 Å². The molecule has 22 heavy (non-hydrogen) atoms. The molecule has 0 aliphatic carbocycles. The number of unbranched alkanes of at least 4 members (excludes halogenated alkanes) is 9. The minimum Gasteiger partial charge on any atom is -0.377 e. The maximum Gasteiger partial charge on any atom is 0.133 e. The van der Waals surface area contributed by atoms with Crippen LogP contribution in [-0.4, -0.2) is 22.4 Å². The van der Waals surface area contributed by atoms with Crippen LogP contribution in [0.3, 0.4) is 0 Å². The fourth-order valence-corrected chi connectivity index (χ4v) is 2.15. The van der Waals surface area contributed by atoms with Gasteiger partial charge in [-0.3, -0.25) is 0 Å². The van der Waals surface area contributed by atoms with Crippen molar-refractivity contribution in [2.75, 3.05) is 0 Å². The summed E-state index contributed by atoms with van der Waals surface area (Å²) in [4.78, 5) is 0. The van der Waals surface area contributed by atoms with Gasteiger partial charge in [0.15, 0.2) is 0 Å². The lowest BCUT2D eigenvalue weighted by molar-refractivity contribution is 0.280. The average Bonchev–Trinajstić information content (AvgIpc) is 2.54. The Morgan fingerprint density at radius 1 is 0.636 bits per heavy atom. The molecule has 0 radical (unpaired) electrons. The molecular weight excluding hydrogens is 272 g/mol. The molecule has 2 N–H and O–H groups in total. The molecule has 0 bridgehead atoms. The molecule has 2 heteroatoms. The highest BCUT2D eigenvalue weighted by Crippen LogP contribution is 2.11. The Morgan fingerprint density at radius 3 is 1.27 bits per heavy atom. The number of hydrogen-bond acceptors (Lipinski definition) is 2. The van der Waals surface area contributed by atoms with E-state index in [1.54, 1.807) is 12.2 Å². The van der Waals surface area contributed by atoms with Gasteiger partial charge in [0.25, 0.3) is 0 Å². The van der Waals surface area contributed by atoms with E-state index >= 15 is 0 Å². The molecule has 2 nitrogen and oxygen atoms in total. The second-order valence-corrected chi connectivity index (χ2v) is 5.49. The van der Waals surface area contributed by atoms with E-state index in [2.05, 4.69) is 11.8 Å². The molecule has 2 atom stereocenters. The lowest BCUT2D eigenvalue weighted by atomic mass is 10.1. The fraction of sp³-hybridized carbons (Fsp3) is 0.600. The Hall–Kier alpha value is -1.48. The summed E-state index contributed by atoms with van der Waals surface area (Å²) in [5.74, 6) is 4.52. The number of allylic oxidation sites excluding steroid dienone is 2. The Morgan fingerprint density at radius 2 is 0.955 bits per heavy atom. The van der Waals surface area contributed by atoms with Crippen LogP contribution in [0.25, 0.3) is 0 Å². The van der Waals surface area contributed by atoms with Crippen molar-refractivity contribution in [3.8, 4) is 24.7 Å². The predicted molar refractivity (Wildman–Crippen MR) is 94.1 cm³/mol. The zero-order valence-electron chi connectivity index (χ0n) is 13.6. The first-order chi connectivity index (χ1) is 10.7. The summed E-state index contributed by atoms with van der Waals surface area (Å²) in [6.07, 6.45) is 27.9. The number of hydrogen-bond donors (Lipinski definition) is 2. The third-order valence-electron chi connectivity index (χ3n) is 3.47. The Balaban J connectivity index is 3.22. The standard InChI is InChI=1S/C20H30O2/c1-3-19(21)17-15-13-11-9-7-5-6-8-10-12-14-16-18-20(22)4-2/h1-2,15-22H,5-14H2/b17-15+,18-16+/t19-,20-/m0/s1. The maximum atomic E-state index is 9.13. The lowest BCUT2D eigenvalue weighted by Crippen LogP contribution is -1.95. The van der Waals surface area contributed by atoms with Crippen LogP contribution in [0.1, 0.15) is 64.2 Å². The number of terminal acetylenes is 2. The van der Waals surface area contributed by atoms with Crippen molar-refractivity contribution in [3.63, 3.8) is 0 Å². The van der Waals surface area contributed by atoms with Crippen LogP contribution in [0.4, 0.5) is 0 Å². The van der Waals surface area contributed by atoms with E-state index in [1.165, 1.54) is 38.5 Å². The highest BCUT2D eigenvalue weighted by Gasteiger charge is 1.93. The Labute approximate surface area is 136 Å². The molecule has 0 heterocycles. The molecule has 0 amide bonds. The SMILES string of the molecule is C#C[C@H](O)/C=C/CCCCCCCCCC/C=C/[C@@H](O)C#C. The van der Waals surface area contributed by atoms with Crippen LogP contribution < -0.4 is 0 Å². The number of rotatable bonds is 13. The smallest absolute Gasteiger partial charge is 0.133 e. The molecule has 0 aromatic carbocycles. The molecule has 0 fully saturated rings. The Bertz CT molecular complexity index is 343. The normalized spacial score (nSPS) is 14.0. The van der Waals surface area contributed by atoms with E-state index in [4.69, 9.17) is 23.1 Å². The lowest BCUT2D eigenvalue weighted by Gasteiger charge is -2.01. The Kier molecular flexibility index (Phi) is 14.8. The third kappa shape index (κ3) is 14.9. The van der Waals surface area contributed by atoms with Gasteiger partial charge >= 0.3 is 0 Å². The second-order valence-electron chi connectivity index (χ2n) is 5.49. The first-order valence-electron chi connectivity index (χ1n) is 8.32. The first kappa shape index (κ1) is 20.5. The second kappa shape index (κ2) is 15.9. The van der Waals surface area contributed by atoms with Crippen molar-refractivity contribution in [1.82, 2.24) is 0 Å². The molecule has 0 spiro atoms. The highest BCUT2D eigenvalue weighted by molar-refractivity contribution is 5.06. The molecule has 0 aliphatic heterocycles. The largest absolute Gasteiger partial charge is 0.377 e. The van der Waals surface area contributed by atoms with Gasteiger partial charge in [0.1, 0.15) is 12.2 Å². The molecule has 0 rings (SSSR count). The maximum absolute atomic E-state index is 9.13. The zero-order valence-corrected chi connectivity index (χ0v) is 13.6. The van der Waals surface area contributed by atoms with Crippen LogP contribution >= 0.6 is 0 Å². The zero-order chi connectivity index (χ0) is 16.5. The van der Waals surface area contributed by atoms with Crippen molar-refractivity contribution in [3.05, 3.63) is 24.3 Å². The fourth-order valence-electron chi connectivity index (χ4n) is 2.15. The van der Waals surface area contributed by atoms with Crippen LogP contribution in [0.5, 0.6) is 0 Å². The van der Waals surface area contributed by atoms with Crippen LogP contribution in [0.15, 0.2) is 24.3 Å². The average molecular weight is 302 g/mol. The molecule has 0 saturated heterocycles. The summed E-state index contributed by atoms with van der Waals surface area (Å²) >= 11 is 0. The minimum atomic E-state index is -0.732. The van der Waals surface area contributed by atoms with Crippen LogP contribution in [-0.2, 0) is 0 Å². The highest BCUT2D eigenvalue weighted by atomic mass is 16.3. The van der Waals surface area contributed by atoms with E-state index in [0.29, 0.717) is 0 Å². The van der Waals surface area contributed by atoms with Crippen LogP contribution in [0.2, 0.25) is 0 Å². The van der Waals surface area contributed by atoms with Crippen LogP contribution in [0, 0.1) is 24.7 Å². The molecule has 0 aromatic heterocycles. The molecule has 122 valence electrons. The van der Waals surface area contributed by atoms with Gasteiger partial charge in [-0.05, 0) is 37.8 Å². The van der Waals surface area contributed by atoms with Gasteiger partial charge in [-0.1, -0.05) is 62.5 Å². The van der Waals surface area contributed by atoms with Crippen molar-refractivity contribution < 1.29 is 10.2 Å². The molecule has 0 aliphatic rings. The summed E-state index contributed by atoms with van der Waals surface area (Å²) in [7, 11) is 0. The van der Waals surface area contributed by atoms with Gasteiger partial charge < -0.3 is 10.2 Å². The third-order valence-corrected chi connectivity index (χ3v) is 3.47. The quantitative estimate of drug-likeness (QED) is 0.307. The molecule has 0 aromatic rings. The van der Waals surface area contributed by atoms with Gasteiger partial charge in [0.05, 0.1) is 0 Å². The molecule has 0 unspecified atom stereocenters. The van der Waals surface area contributed by atoms with E-state index < -0.39 is 12.2 Å². The summed E-state index contributed by atoms with van der Waals surface area (Å²) in [6.45, 7) is 0. The van der Waals surface area contributed by atoms with E-state index in [1.807, 2.05) is 12.2 Å². The summed E-state index contributed by atoms with van der Waals surface area (Å²) < 4.78 is 0. The van der Waals surface area contributed by atoms with E-state index in [0.717, 1.165) is 25.7 Å². The summed E-state index contributed by atoms with van der Waals surface area (Å²) in [5, 5.41) is 18.3. The number of aliphatic hydroxyl groups is 2. The number of aliphatic hydroxyl groups excluding tert-OH is 2. The molecule has 0 saturated carbocycles. The monoisotopic (exact) mass is 302 g/mol. The van der Waals surface area contributed by atoms with E-state index in [-0.39, 0.29) is 0 Å². The topological polar surface area (TPSA) is 40.5 Å².